The van der Waals surface area contributed by atoms with Crippen LogP contribution in [-0.2, 0) is 0 Å². The summed E-state index contributed by atoms with van der Waals surface area (Å²) in [6.45, 7) is 2.37. The van der Waals surface area contributed by atoms with E-state index in [1.807, 2.05) is 55.6 Å². The van der Waals surface area contributed by atoms with Crippen LogP contribution in [0.15, 0.2) is 60.7 Å². The van der Waals surface area contributed by atoms with Crippen LogP contribution in [0.3, 0.4) is 0 Å². The molecule has 0 saturated carbocycles. The standard InChI is InChI=1S/C18H20N3O/c1-20(18(22)15-8-4-2-5-9-15)17-14-21(13-12-19-17)16-10-6-3-7-11-16/h2-11,17H,12-14H2,1H3. The molecule has 4 heteroatoms. The number of hydrogen-bond acceptors (Lipinski definition) is 2. The average Bonchev–Trinajstić information content (AvgIpc) is 2.62. The number of anilines is 1. The van der Waals surface area contributed by atoms with Gasteiger partial charge in [0.05, 0.1) is 6.54 Å². The molecule has 1 fully saturated rings. The second-order valence-corrected chi connectivity index (χ2v) is 5.45. The first-order chi connectivity index (χ1) is 10.8. The highest BCUT2D eigenvalue weighted by atomic mass is 16.2. The van der Waals surface area contributed by atoms with E-state index in [2.05, 4.69) is 22.3 Å². The molecule has 0 N–H and O–H groups in total. The van der Waals surface area contributed by atoms with Crippen LogP contribution in [0.4, 0.5) is 5.69 Å². The molecule has 113 valence electrons. The second-order valence-electron chi connectivity index (χ2n) is 5.45. The van der Waals surface area contributed by atoms with Gasteiger partial charge in [0.2, 0.25) is 0 Å². The molecule has 1 aliphatic rings. The normalized spacial score (nSPS) is 18.0. The number of hydrogen-bond donors (Lipinski definition) is 0. The molecule has 1 radical (unpaired) electrons. The minimum absolute atomic E-state index is 0.0178. The first-order valence-electron chi connectivity index (χ1n) is 7.54. The molecule has 1 amide bonds. The molecule has 1 aliphatic heterocycles. The van der Waals surface area contributed by atoms with Gasteiger partial charge in [0.25, 0.3) is 5.91 Å². The van der Waals surface area contributed by atoms with Crippen molar-refractivity contribution in [3.63, 3.8) is 0 Å². The highest BCUT2D eigenvalue weighted by Crippen LogP contribution is 2.17. The Bertz CT molecular complexity index is 615. The SMILES string of the molecule is CN(C(=O)c1ccccc1)C1CN(c2ccccc2)CC[N]1. The van der Waals surface area contributed by atoms with Crippen molar-refractivity contribution < 1.29 is 4.79 Å². The van der Waals surface area contributed by atoms with Crippen LogP contribution in [0, 0.1) is 0 Å². The van der Waals surface area contributed by atoms with Crippen LogP contribution >= 0.6 is 0 Å². The first kappa shape index (κ1) is 14.6. The fourth-order valence-corrected chi connectivity index (χ4v) is 2.71. The topological polar surface area (TPSA) is 37.7 Å². The van der Waals surface area contributed by atoms with Crippen LogP contribution in [0.1, 0.15) is 10.4 Å². The van der Waals surface area contributed by atoms with Crippen molar-refractivity contribution in [3.05, 3.63) is 66.2 Å². The van der Waals surface area contributed by atoms with Crippen molar-refractivity contribution in [2.75, 3.05) is 31.6 Å². The third-order valence-corrected chi connectivity index (χ3v) is 4.00. The second kappa shape index (κ2) is 6.62. The molecule has 1 saturated heterocycles. The summed E-state index contributed by atoms with van der Waals surface area (Å²) in [5.41, 5.74) is 1.89. The Morgan fingerprint density at radius 1 is 1.09 bits per heavy atom. The van der Waals surface area contributed by atoms with Gasteiger partial charge in [-0.05, 0) is 24.3 Å². The Balaban J connectivity index is 1.70. The summed E-state index contributed by atoms with van der Waals surface area (Å²) < 4.78 is 0. The summed E-state index contributed by atoms with van der Waals surface area (Å²) in [6.07, 6.45) is -0.110. The van der Waals surface area contributed by atoms with Gasteiger partial charge in [-0.25, -0.2) is 5.32 Å². The highest BCUT2D eigenvalue weighted by molar-refractivity contribution is 5.94. The monoisotopic (exact) mass is 294 g/mol. The molecule has 0 aromatic heterocycles. The van der Waals surface area contributed by atoms with Crippen LogP contribution in [0.2, 0.25) is 0 Å². The van der Waals surface area contributed by atoms with E-state index in [0.717, 1.165) is 19.6 Å². The third kappa shape index (κ3) is 3.12. The van der Waals surface area contributed by atoms with Gasteiger partial charge >= 0.3 is 0 Å². The molecule has 0 aliphatic carbocycles. The molecule has 1 heterocycles. The predicted molar refractivity (Wildman–Crippen MR) is 88.0 cm³/mol. The average molecular weight is 294 g/mol. The number of carbonyl (C=O) groups excluding carboxylic acids is 1. The van der Waals surface area contributed by atoms with E-state index in [-0.39, 0.29) is 12.1 Å². The van der Waals surface area contributed by atoms with Gasteiger partial charge in [0, 0.05) is 31.4 Å². The number of nitrogens with zero attached hydrogens (tertiary/aromatic N) is 3. The fourth-order valence-electron chi connectivity index (χ4n) is 2.71. The number of carbonyl (C=O) groups is 1. The Hall–Kier alpha value is -2.33. The maximum Gasteiger partial charge on any atom is 0.254 e. The maximum absolute atomic E-state index is 12.5. The molecular formula is C18H20N3O. The quantitative estimate of drug-likeness (QED) is 0.870. The Labute approximate surface area is 131 Å². The lowest BCUT2D eigenvalue weighted by Gasteiger charge is -2.38. The summed E-state index contributed by atoms with van der Waals surface area (Å²) in [5, 5.41) is 4.62. The molecule has 2 aromatic rings. The minimum atomic E-state index is -0.110. The van der Waals surface area contributed by atoms with Crippen molar-refractivity contribution in [1.82, 2.24) is 10.2 Å². The largest absolute Gasteiger partial charge is 0.367 e. The fraction of sp³-hybridized carbons (Fsp3) is 0.278. The van der Waals surface area contributed by atoms with E-state index >= 15 is 0 Å². The van der Waals surface area contributed by atoms with Gasteiger partial charge in [-0.2, -0.15) is 0 Å². The Morgan fingerprint density at radius 3 is 2.41 bits per heavy atom. The first-order valence-corrected chi connectivity index (χ1v) is 7.54. The van der Waals surface area contributed by atoms with Crippen LogP contribution in [0.25, 0.3) is 0 Å². The number of piperazine rings is 1. The van der Waals surface area contributed by atoms with E-state index in [4.69, 9.17) is 0 Å². The molecule has 2 aromatic carbocycles. The van der Waals surface area contributed by atoms with Gasteiger partial charge in [-0.15, -0.1) is 0 Å². The lowest BCUT2D eigenvalue weighted by atomic mass is 10.2. The summed E-state index contributed by atoms with van der Waals surface area (Å²) in [4.78, 5) is 16.6. The molecule has 22 heavy (non-hydrogen) atoms. The molecule has 1 unspecified atom stereocenters. The summed E-state index contributed by atoms with van der Waals surface area (Å²) in [6, 6.07) is 19.7. The Kier molecular flexibility index (Phi) is 4.39. The number of rotatable bonds is 3. The summed E-state index contributed by atoms with van der Waals surface area (Å²) in [5.74, 6) is 0.0178. The van der Waals surface area contributed by atoms with Crippen molar-refractivity contribution in [3.8, 4) is 0 Å². The lowest BCUT2D eigenvalue weighted by Crippen LogP contribution is -2.55. The van der Waals surface area contributed by atoms with Crippen molar-refractivity contribution in [2.45, 2.75) is 6.17 Å². The summed E-state index contributed by atoms with van der Waals surface area (Å²) >= 11 is 0. The van der Waals surface area contributed by atoms with Gasteiger partial charge in [0.1, 0.15) is 6.17 Å². The van der Waals surface area contributed by atoms with E-state index in [1.165, 1.54) is 5.69 Å². The zero-order chi connectivity index (χ0) is 15.4. The number of benzene rings is 2. The van der Waals surface area contributed by atoms with Crippen molar-refractivity contribution in [2.24, 2.45) is 0 Å². The molecular weight excluding hydrogens is 274 g/mol. The highest BCUT2D eigenvalue weighted by Gasteiger charge is 2.27. The van der Waals surface area contributed by atoms with Gasteiger partial charge in [0.15, 0.2) is 0 Å². The van der Waals surface area contributed by atoms with E-state index in [1.54, 1.807) is 4.90 Å². The lowest BCUT2D eigenvalue weighted by molar-refractivity contribution is 0.0691. The molecule has 3 rings (SSSR count). The van der Waals surface area contributed by atoms with Crippen LogP contribution < -0.4 is 10.2 Å². The zero-order valence-electron chi connectivity index (χ0n) is 12.7. The van der Waals surface area contributed by atoms with Crippen LogP contribution in [0.5, 0.6) is 0 Å². The molecule has 0 bridgehead atoms. The zero-order valence-corrected chi connectivity index (χ0v) is 12.7. The minimum Gasteiger partial charge on any atom is -0.367 e. The van der Waals surface area contributed by atoms with Gasteiger partial charge in [-0.3, -0.25) is 4.79 Å². The number of para-hydroxylation sites is 1. The van der Waals surface area contributed by atoms with Gasteiger partial charge in [-0.1, -0.05) is 36.4 Å². The van der Waals surface area contributed by atoms with Crippen molar-refractivity contribution >= 4 is 11.6 Å². The maximum atomic E-state index is 12.5. The predicted octanol–water partition coefficient (Wildman–Crippen LogP) is 2.21. The third-order valence-electron chi connectivity index (χ3n) is 4.00. The van der Waals surface area contributed by atoms with E-state index < -0.39 is 0 Å². The van der Waals surface area contributed by atoms with Gasteiger partial charge < -0.3 is 9.80 Å². The summed E-state index contributed by atoms with van der Waals surface area (Å²) in [7, 11) is 1.83. The smallest absolute Gasteiger partial charge is 0.254 e. The van der Waals surface area contributed by atoms with E-state index in [9.17, 15) is 4.79 Å². The Morgan fingerprint density at radius 2 is 1.73 bits per heavy atom. The molecule has 1 atom stereocenters. The van der Waals surface area contributed by atoms with Crippen LogP contribution in [-0.4, -0.2) is 43.7 Å². The molecule has 0 spiro atoms. The number of likely N-dealkylation sites (N-methyl/N-ethyl adjacent to an activating group) is 1. The van der Waals surface area contributed by atoms with Crippen molar-refractivity contribution in [1.29, 1.82) is 0 Å². The number of amides is 1. The molecule has 4 nitrogen and oxygen atoms in total. The van der Waals surface area contributed by atoms with E-state index in [0.29, 0.717) is 5.56 Å².